The van der Waals surface area contributed by atoms with Gasteiger partial charge in [-0.15, -0.1) is 0 Å². The van der Waals surface area contributed by atoms with Crippen molar-refractivity contribution in [1.29, 1.82) is 0 Å². The molecule has 5 heteroatoms. The van der Waals surface area contributed by atoms with E-state index in [1.165, 1.54) is 12.9 Å². The fourth-order valence-corrected chi connectivity index (χ4v) is 5.14. The molecule has 2 nitrogen and oxygen atoms in total. The summed E-state index contributed by atoms with van der Waals surface area (Å²) in [6.07, 6.45) is 0. The van der Waals surface area contributed by atoms with Crippen LogP contribution in [-0.2, 0) is 0 Å². The third kappa shape index (κ3) is 3.58. The third-order valence-electron chi connectivity index (χ3n) is 3.19. The topological polar surface area (TPSA) is 21.3 Å². The number of halogens is 1. The van der Waals surface area contributed by atoms with E-state index in [4.69, 9.17) is 4.74 Å². The average Bonchev–Trinajstić information content (AvgIpc) is 2.46. The Kier molecular flexibility index (Phi) is 5.85. The molecule has 1 saturated heterocycles. The van der Waals surface area contributed by atoms with E-state index >= 15 is 0 Å². The Balaban J connectivity index is 2.27. The predicted octanol–water partition coefficient (Wildman–Crippen LogP) is 3.33. The summed E-state index contributed by atoms with van der Waals surface area (Å²) in [5, 5.41) is 3.85. The monoisotopic (exact) mass is 301 g/mol. The van der Waals surface area contributed by atoms with Gasteiger partial charge < -0.3 is 10.1 Å². The maximum Gasteiger partial charge on any atom is 0.169 e. The van der Waals surface area contributed by atoms with E-state index in [2.05, 4.69) is 12.2 Å². The number of ether oxygens (including phenoxy) is 1. The standard InChI is InChI=1S/C14H20FNOS2/c1-3-16-14(12-9-18-7-8-19-12)10-5-4-6-11(17-2)13(10)15/h4-6,12,14,16H,3,7-9H2,1-2H3. The fraction of sp³-hybridized carbons (Fsp3) is 0.571. The van der Waals surface area contributed by atoms with E-state index in [1.54, 1.807) is 6.07 Å². The lowest BCUT2D eigenvalue weighted by atomic mass is 10.0. The van der Waals surface area contributed by atoms with Crippen LogP contribution in [0.25, 0.3) is 0 Å². The Labute approximate surface area is 122 Å². The van der Waals surface area contributed by atoms with Gasteiger partial charge in [0.2, 0.25) is 0 Å². The number of nitrogens with one attached hydrogen (secondary N) is 1. The van der Waals surface area contributed by atoms with Crippen molar-refractivity contribution in [3.05, 3.63) is 29.6 Å². The van der Waals surface area contributed by atoms with Crippen LogP contribution < -0.4 is 10.1 Å². The molecule has 1 aliphatic heterocycles. The van der Waals surface area contributed by atoms with Crippen LogP contribution in [0.4, 0.5) is 4.39 Å². The molecule has 0 amide bonds. The minimum Gasteiger partial charge on any atom is -0.494 e. The lowest BCUT2D eigenvalue weighted by molar-refractivity contribution is 0.379. The highest BCUT2D eigenvalue weighted by Crippen LogP contribution is 2.36. The highest BCUT2D eigenvalue weighted by molar-refractivity contribution is 8.06. The highest BCUT2D eigenvalue weighted by Gasteiger charge is 2.28. The Hall–Kier alpha value is -0.390. The number of methoxy groups -OCH3 is 1. The second kappa shape index (κ2) is 7.41. The van der Waals surface area contributed by atoms with E-state index < -0.39 is 0 Å². The molecule has 1 N–H and O–H groups in total. The van der Waals surface area contributed by atoms with E-state index in [0.717, 1.165) is 23.6 Å². The smallest absolute Gasteiger partial charge is 0.169 e. The molecule has 19 heavy (non-hydrogen) atoms. The zero-order chi connectivity index (χ0) is 13.7. The molecule has 0 radical (unpaired) electrons. The molecule has 2 unspecified atom stereocenters. The quantitative estimate of drug-likeness (QED) is 0.900. The Morgan fingerprint density at radius 3 is 2.95 bits per heavy atom. The molecule has 2 rings (SSSR count). The number of hydrogen-bond donors (Lipinski definition) is 1. The van der Waals surface area contributed by atoms with Crippen LogP contribution in [-0.4, -0.2) is 36.2 Å². The van der Waals surface area contributed by atoms with Gasteiger partial charge in [-0.1, -0.05) is 19.1 Å². The summed E-state index contributed by atoms with van der Waals surface area (Å²) >= 11 is 3.89. The summed E-state index contributed by atoms with van der Waals surface area (Å²) in [5.41, 5.74) is 0.723. The first-order valence-electron chi connectivity index (χ1n) is 6.53. The number of hydrogen-bond acceptors (Lipinski definition) is 4. The van der Waals surface area contributed by atoms with Crippen LogP contribution in [0.2, 0.25) is 0 Å². The first-order chi connectivity index (χ1) is 9.27. The first-order valence-corrected chi connectivity index (χ1v) is 8.73. The van der Waals surface area contributed by atoms with E-state index in [0.29, 0.717) is 11.0 Å². The minimum atomic E-state index is -0.230. The Morgan fingerprint density at radius 1 is 1.47 bits per heavy atom. The largest absolute Gasteiger partial charge is 0.494 e. The Morgan fingerprint density at radius 2 is 2.32 bits per heavy atom. The molecule has 0 spiro atoms. The van der Waals surface area contributed by atoms with Gasteiger partial charge in [0.25, 0.3) is 0 Å². The molecule has 1 aromatic rings. The molecule has 1 aromatic carbocycles. The van der Waals surface area contributed by atoms with Crippen molar-refractivity contribution in [3.63, 3.8) is 0 Å². The molecule has 1 aliphatic rings. The molecule has 1 heterocycles. The highest BCUT2D eigenvalue weighted by atomic mass is 32.2. The van der Waals surface area contributed by atoms with Gasteiger partial charge in [0.15, 0.2) is 11.6 Å². The van der Waals surface area contributed by atoms with Gasteiger partial charge in [-0.2, -0.15) is 23.5 Å². The summed E-state index contributed by atoms with van der Waals surface area (Å²) in [7, 11) is 1.51. The van der Waals surface area contributed by atoms with Crippen LogP contribution in [0.1, 0.15) is 18.5 Å². The van der Waals surface area contributed by atoms with Crippen molar-refractivity contribution in [2.24, 2.45) is 0 Å². The molecule has 1 fully saturated rings. The van der Waals surface area contributed by atoms with E-state index in [-0.39, 0.29) is 11.9 Å². The summed E-state index contributed by atoms with van der Waals surface area (Å²) in [6, 6.07) is 5.45. The lowest BCUT2D eigenvalue weighted by Crippen LogP contribution is -2.34. The van der Waals surface area contributed by atoms with Crippen LogP contribution in [0.5, 0.6) is 5.75 Å². The molecule has 0 saturated carbocycles. The predicted molar refractivity (Wildman–Crippen MR) is 82.9 cm³/mol. The van der Waals surface area contributed by atoms with Crippen molar-refractivity contribution in [2.45, 2.75) is 18.2 Å². The summed E-state index contributed by atoms with van der Waals surface area (Å²) in [5.74, 6) is 3.50. The van der Waals surface area contributed by atoms with Gasteiger partial charge >= 0.3 is 0 Å². The van der Waals surface area contributed by atoms with Gasteiger partial charge in [0.05, 0.1) is 7.11 Å². The molecule has 106 valence electrons. The molecular formula is C14H20FNOS2. The average molecular weight is 301 g/mol. The van der Waals surface area contributed by atoms with Gasteiger partial charge in [0, 0.05) is 34.1 Å². The van der Waals surface area contributed by atoms with Crippen molar-refractivity contribution in [1.82, 2.24) is 5.32 Å². The first kappa shape index (κ1) is 15.0. The summed E-state index contributed by atoms with van der Waals surface area (Å²) in [4.78, 5) is 0. The van der Waals surface area contributed by atoms with Gasteiger partial charge in [0.1, 0.15) is 0 Å². The number of thioether (sulfide) groups is 2. The molecule has 2 atom stereocenters. The van der Waals surface area contributed by atoms with Crippen molar-refractivity contribution >= 4 is 23.5 Å². The molecule has 0 aliphatic carbocycles. The SMILES string of the molecule is CCNC(c1cccc(OC)c1F)C1CSCCS1. The third-order valence-corrected chi connectivity index (χ3v) is 6.05. The van der Waals surface area contributed by atoms with Crippen LogP contribution in [0.3, 0.4) is 0 Å². The van der Waals surface area contributed by atoms with Crippen molar-refractivity contribution in [2.75, 3.05) is 30.9 Å². The fourth-order valence-electron chi connectivity index (χ4n) is 2.29. The van der Waals surface area contributed by atoms with E-state index in [1.807, 2.05) is 35.7 Å². The maximum atomic E-state index is 14.4. The second-order valence-electron chi connectivity index (χ2n) is 4.38. The van der Waals surface area contributed by atoms with Crippen molar-refractivity contribution < 1.29 is 9.13 Å². The van der Waals surface area contributed by atoms with Crippen molar-refractivity contribution in [3.8, 4) is 5.75 Å². The number of benzene rings is 1. The van der Waals surface area contributed by atoms with Crippen LogP contribution >= 0.6 is 23.5 Å². The van der Waals surface area contributed by atoms with Gasteiger partial charge in [-0.05, 0) is 12.6 Å². The minimum absolute atomic E-state index is 0.0536. The normalized spacial score (nSPS) is 21.1. The number of rotatable bonds is 5. The van der Waals surface area contributed by atoms with E-state index in [9.17, 15) is 4.39 Å². The zero-order valence-corrected chi connectivity index (χ0v) is 13.0. The molecular weight excluding hydrogens is 281 g/mol. The van der Waals surface area contributed by atoms with Gasteiger partial charge in [-0.3, -0.25) is 0 Å². The maximum absolute atomic E-state index is 14.4. The lowest BCUT2D eigenvalue weighted by Gasteiger charge is -2.30. The summed E-state index contributed by atoms with van der Waals surface area (Å²) in [6.45, 7) is 2.90. The summed E-state index contributed by atoms with van der Waals surface area (Å²) < 4.78 is 19.5. The second-order valence-corrected chi connectivity index (χ2v) is 6.88. The zero-order valence-electron chi connectivity index (χ0n) is 11.3. The van der Waals surface area contributed by atoms with Gasteiger partial charge in [-0.25, -0.2) is 4.39 Å². The van der Waals surface area contributed by atoms with Crippen LogP contribution in [0, 0.1) is 5.82 Å². The van der Waals surface area contributed by atoms with Crippen LogP contribution in [0.15, 0.2) is 18.2 Å². The molecule has 0 bridgehead atoms. The molecule has 0 aromatic heterocycles. The Bertz CT molecular complexity index is 410.